The number of hydrogen-bond donors (Lipinski definition) is 3. The number of hydrogen-bond acceptors (Lipinski definition) is 4. The van der Waals surface area contributed by atoms with E-state index in [1.165, 1.54) is 11.3 Å². The molecule has 1 aromatic heterocycles. The third kappa shape index (κ3) is 4.57. The van der Waals surface area contributed by atoms with Gasteiger partial charge in [0.1, 0.15) is 4.88 Å². The Morgan fingerprint density at radius 3 is 2.46 bits per heavy atom. The predicted molar refractivity (Wildman–Crippen MR) is 111 cm³/mol. The van der Waals surface area contributed by atoms with Crippen molar-refractivity contribution in [3.63, 3.8) is 0 Å². The van der Waals surface area contributed by atoms with Crippen LogP contribution < -0.4 is 16.2 Å². The molecule has 0 fully saturated rings. The van der Waals surface area contributed by atoms with Crippen LogP contribution in [0.3, 0.4) is 0 Å². The molecule has 0 atom stereocenters. The molecule has 3 aromatic rings. The standard InChI is InChI=1S/C18H15ClN4OS2/c1-11-20-15(12-5-3-2-4-6-12)16(26-11)17(24)22-23-18(25)21-14-9-7-13(19)8-10-14/h2-10H,1H3,(H,22,24)(H2,21,23,25). The summed E-state index contributed by atoms with van der Waals surface area (Å²) < 4.78 is 0. The van der Waals surface area contributed by atoms with Crippen molar-refractivity contribution >= 4 is 51.9 Å². The number of benzene rings is 2. The number of thiocarbonyl (C=S) groups is 1. The Labute approximate surface area is 165 Å². The highest BCUT2D eigenvalue weighted by atomic mass is 35.5. The van der Waals surface area contributed by atoms with Crippen LogP contribution in [0.4, 0.5) is 5.69 Å². The molecule has 0 aliphatic carbocycles. The van der Waals surface area contributed by atoms with Gasteiger partial charge in [-0.05, 0) is 43.4 Å². The summed E-state index contributed by atoms with van der Waals surface area (Å²) >= 11 is 12.4. The number of rotatable bonds is 3. The highest BCUT2D eigenvalue weighted by Gasteiger charge is 2.18. The van der Waals surface area contributed by atoms with Gasteiger partial charge in [0.05, 0.1) is 10.7 Å². The lowest BCUT2D eigenvalue weighted by Gasteiger charge is -2.11. The van der Waals surface area contributed by atoms with Gasteiger partial charge in [0.25, 0.3) is 5.91 Å². The Bertz CT molecular complexity index is 926. The van der Waals surface area contributed by atoms with Crippen LogP contribution >= 0.6 is 35.2 Å². The normalized spacial score (nSPS) is 10.2. The number of halogens is 1. The van der Waals surface area contributed by atoms with Gasteiger partial charge in [-0.25, -0.2) is 4.98 Å². The van der Waals surface area contributed by atoms with Crippen LogP contribution in [0.2, 0.25) is 5.02 Å². The summed E-state index contributed by atoms with van der Waals surface area (Å²) in [6.45, 7) is 1.87. The predicted octanol–water partition coefficient (Wildman–Crippen LogP) is 4.40. The van der Waals surface area contributed by atoms with Gasteiger partial charge in [-0.3, -0.25) is 15.6 Å². The van der Waals surface area contributed by atoms with E-state index >= 15 is 0 Å². The molecule has 1 heterocycles. The fraction of sp³-hybridized carbons (Fsp3) is 0.0556. The molecule has 3 N–H and O–H groups in total. The van der Waals surface area contributed by atoms with E-state index < -0.39 is 0 Å². The molecule has 5 nitrogen and oxygen atoms in total. The average Bonchev–Trinajstić information content (AvgIpc) is 3.04. The Kier molecular flexibility index (Phi) is 5.82. The van der Waals surface area contributed by atoms with Gasteiger partial charge >= 0.3 is 0 Å². The molecule has 0 saturated carbocycles. The number of nitrogens with zero attached hydrogens (tertiary/aromatic N) is 1. The number of aryl methyl sites for hydroxylation is 1. The van der Waals surface area contributed by atoms with E-state index in [4.69, 9.17) is 23.8 Å². The minimum Gasteiger partial charge on any atom is -0.331 e. The van der Waals surface area contributed by atoms with Crippen LogP contribution in [0.25, 0.3) is 11.3 Å². The summed E-state index contributed by atoms with van der Waals surface area (Å²) in [5, 5.41) is 4.68. The molecule has 0 unspecified atom stereocenters. The number of amides is 1. The smallest absolute Gasteiger partial charge is 0.282 e. The first-order valence-corrected chi connectivity index (χ1v) is 9.29. The maximum atomic E-state index is 12.5. The highest BCUT2D eigenvalue weighted by molar-refractivity contribution is 7.80. The number of thiazole rings is 1. The molecule has 8 heteroatoms. The second-order valence-corrected chi connectivity index (χ2v) is 7.36. The van der Waals surface area contributed by atoms with Gasteiger partial charge < -0.3 is 5.32 Å². The van der Waals surface area contributed by atoms with E-state index in [0.29, 0.717) is 15.6 Å². The third-order valence-electron chi connectivity index (χ3n) is 3.38. The minimum atomic E-state index is -0.297. The Morgan fingerprint density at radius 1 is 1.08 bits per heavy atom. The molecule has 26 heavy (non-hydrogen) atoms. The quantitative estimate of drug-likeness (QED) is 0.447. The van der Waals surface area contributed by atoms with Crippen LogP contribution in [-0.2, 0) is 0 Å². The maximum Gasteiger partial charge on any atom is 0.282 e. The summed E-state index contributed by atoms with van der Waals surface area (Å²) in [7, 11) is 0. The van der Waals surface area contributed by atoms with Gasteiger partial charge in [0.2, 0.25) is 0 Å². The SMILES string of the molecule is Cc1nc(-c2ccccc2)c(C(=O)NNC(=S)Nc2ccc(Cl)cc2)s1. The largest absolute Gasteiger partial charge is 0.331 e. The van der Waals surface area contributed by atoms with E-state index in [1.807, 2.05) is 37.3 Å². The maximum absolute atomic E-state index is 12.5. The van der Waals surface area contributed by atoms with Crippen molar-refractivity contribution in [3.8, 4) is 11.3 Å². The second kappa shape index (κ2) is 8.27. The molecular formula is C18H15ClN4OS2. The lowest BCUT2D eigenvalue weighted by atomic mass is 10.1. The van der Waals surface area contributed by atoms with Crippen LogP contribution in [-0.4, -0.2) is 16.0 Å². The van der Waals surface area contributed by atoms with Crippen molar-refractivity contribution in [2.75, 3.05) is 5.32 Å². The molecule has 0 aliphatic heterocycles. The third-order valence-corrected chi connectivity index (χ3v) is 4.80. The van der Waals surface area contributed by atoms with Crippen LogP contribution in [0.15, 0.2) is 54.6 Å². The Balaban J connectivity index is 1.65. The van der Waals surface area contributed by atoms with Crippen LogP contribution in [0.1, 0.15) is 14.7 Å². The lowest BCUT2D eigenvalue weighted by molar-refractivity contribution is 0.0948. The van der Waals surface area contributed by atoms with Crippen molar-refractivity contribution < 1.29 is 4.79 Å². The average molecular weight is 403 g/mol. The number of aromatic nitrogens is 1. The first-order valence-electron chi connectivity index (χ1n) is 7.68. The fourth-order valence-electron chi connectivity index (χ4n) is 2.24. The van der Waals surface area contributed by atoms with Crippen molar-refractivity contribution in [3.05, 3.63) is 69.5 Å². The zero-order chi connectivity index (χ0) is 18.5. The van der Waals surface area contributed by atoms with Gasteiger partial charge in [-0.1, -0.05) is 41.9 Å². The fourth-order valence-corrected chi connectivity index (χ4v) is 3.37. The van der Waals surface area contributed by atoms with E-state index in [0.717, 1.165) is 16.3 Å². The summed E-state index contributed by atoms with van der Waals surface area (Å²) in [5.74, 6) is -0.297. The molecule has 0 bridgehead atoms. The molecular weight excluding hydrogens is 388 g/mol. The van der Waals surface area contributed by atoms with Crippen molar-refractivity contribution in [2.45, 2.75) is 6.92 Å². The minimum absolute atomic E-state index is 0.267. The molecule has 3 rings (SSSR count). The molecule has 0 aliphatic rings. The molecule has 0 saturated heterocycles. The molecule has 0 radical (unpaired) electrons. The summed E-state index contributed by atoms with van der Waals surface area (Å²) in [6, 6.07) is 16.7. The van der Waals surface area contributed by atoms with Crippen LogP contribution in [0, 0.1) is 6.92 Å². The second-order valence-electron chi connectivity index (χ2n) is 5.32. The Hall–Kier alpha value is -2.48. The summed E-state index contributed by atoms with van der Waals surface area (Å²) in [6.07, 6.45) is 0. The van der Waals surface area contributed by atoms with E-state index in [-0.39, 0.29) is 11.0 Å². The van der Waals surface area contributed by atoms with Crippen LogP contribution in [0.5, 0.6) is 0 Å². The zero-order valence-electron chi connectivity index (χ0n) is 13.7. The van der Waals surface area contributed by atoms with E-state index in [2.05, 4.69) is 21.2 Å². The number of carbonyl (C=O) groups excluding carboxylic acids is 1. The van der Waals surface area contributed by atoms with E-state index in [1.54, 1.807) is 24.3 Å². The first kappa shape index (κ1) is 18.3. The lowest BCUT2D eigenvalue weighted by Crippen LogP contribution is -2.43. The van der Waals surface area contributed by atoms with Gasteiger partial charge in [-0.2, -0.15) is 0 Å². The number of carbonyl (C=O) groups is 1. The van der Waals surface area contributed by atoms with Gasteiger partial charge in [0.15, 0.2) is 5.11 Å². The molecule has 0 spiro atoms. The van der Waals surface area contributed by atoms with Gasteiger partial charge in [-0.15, -0.1) is 11.3 Å². The highest BCUT2D eigenvalue weighted by Crippen LogP contribution is 2.27. The van der Waals surface area contributed by atoms with Gasteiger partial charge in [0, 0.05) is 16.3 Å². The monoisotopic (exact) mass is 402 g/mol. The van der Waals surface area contributed by atoms with Crippen molar-refractivity contribution in [1.82, 2.24) is 15.8 Å². The Morgan fingerprint density at radius 2 is 1.77 bits per heavy atom. The molecule has 2 aromatic carbocycles. The van der Waals surface area contributed by atoms with Crippen molar-refractivity contribution in [1.29, 1.82) is 0 Å². The molecule has 1 amide bonds. The number of hydrazine groups is 1. The zero-order valence-corrected chi connectivity index (χ0v) is 16.1. The number of nitrogens with one attached hydrogen (secondary N) is 3. The summed E-state index contributed by atoms with van der Waals surface area (Å²) in [5.41, 5.74) is 7.62. The molecule has 132 valence electrons. The number of anilines is 1. The summed E-state index contributed by atoms with van der Waals surface area (Å²) in [4.78, 5) is 17.5. The topological polar surface area (TPSA) is 66.0 Å². The van der Waals surface area contributed by atoms with E-state index in [9.17, 15) is 4.79 Å². The first-order chi connectivity index (χ1) is 12.5. The van der Waals surface area contributed by atoms with Crippen molar-refractivity contribution in [2.24, 2.45) is 0 Å².